The number of thiol groups is 1. The molecule has 0 atom stereocenters. The van der Waals surface area contributed by atoms with Gasteiger partial charge in [-0.2, -0.15) is 24.4 Å². The molecule has 0 spiro atoms. The Hall–Kier alpha value is -0.0800. The number of hydrogen-bond donors (Lipinski definition) is 1. The summed E-state index contributed by atoms with van der Waals surface area (Å²) in [4.78, 5) is 0. The van der Waals surface area contributed by atoms with Crippen LogP contribution in [-0.4, -0.2) is 6.26 Å². The van der Waals surface area contributed by atoms with Gasteiger partial charge in [0.15, 0.2) is 0 Å². The lowest BCUT2D eigenvalue weighted by Crippen LogP contribution is -1.82. The first-order valence-electron chi connectivity index (χ1n) is 4.54. The van der Waals surface area contributed by atoms with Gasteiger partial charge in [-0.25, -0.2) is 0 Å². The van der Waals surface area contributed by atoms with Crippen molar-refractivity contribution in [2.75, 3.05) is 6.26 Å². The number of benzene rings is 1. The van der Waals surface area contributed by atoms with Crippen LogP contribution in [0.4, 0.5) is 0 Å². The minimum Gasteiger partial charge on any atom is -0.175 e. The number of hydrogen-bond acceptors (Lipinski definition) is 2. The van der Waals surface area contributed by atoms with Crippen molar-refractivity contribution in [3.63, 3.8) is 0 Å². The molecule has 74 valence electrons. The number of rotatable bonds is 3. The zero-order valence-corrected chi connectivity index (χ0v) is 10.3. The highest BCUT2D eigenvalue weighted by Gasteiger charge is 1.92. The second-order valence-electron chi connectivity index (χ2n) is 2.41. The van der Waals surface area contributed by atoms with Crippen LogP contribution in [0.25, 0.3) is 0 Å². The maximum Gasteiger partial charge on any atom is 0.0181 e. The first-order valence-corrected chi connectivity index (χ1v) is 6.57. The summed E-state index contributed by atoms with van der Waals surface area (Å²) in [5, 5.41) is 0. The van der Waals surface area contributed by atoms with Gasteiger partial charge in [-0.1, -0.05) is 38.1 Å². The summed E-state index contributed by atoms with van der Waals surface area (Å²) in [6, 6.07) is 8.57. The first kappa shape index (κ1) is 12.9. The Morgan fingerprint density at radius 3 is 2.38 bits per heavy atom. The van der Waals surface area contributed by atoms with E-state index in [1.54, 1.807) is 0 Å². The molecule has 1 rings (SSSR count). The lowest BCUT2D eigenvalue weighted by Gasteiger charge is -2.00. The maximum atomic E-state index is 4.22. The molecule has 0 radical (unpaired) electrons. The Morgan fingerprint density at radius 1 is 1.23 bits per heavy atom. The highest BCUT2D eigenvalue weighted by molar-refractivity contribution is 7.97. The van der Waals surface area contributed by atoms with Gasteiger partial charge in [-0.3, -0.25) is 0 Å². The van der Waals surface area contributed by atoms with Crippen molar-refractivity contribution < 1.29 is 0 Å². The minimum absolute atomic E-state index is 0.836. The molecule has 0 aliphatic heterocycles. The fourth-order valence-corrected chi connectivity index (χ4v) is 1.69. The maximum absolute atomic E-state index is 4.22. The summed E-state index contributed by atoms with van der Waals surface area (Å²) in [6.45, 7) is 4.00. The zero-order valence-electron chi connectivity index (χ0n) is 8.58. The van der Waals surface area contributed by atoms with Gasteiger partial charge < -0.3 is 0 Å². The van der Waals surface area contributed by atoms with E-state index in [2.05, 4.69) is 43.2 Å². The van der Waals surface area contributed by atoms with Gasteiger partial charge >= 0.3 is 0 Å². The Morgan fingerprint density at radius 2 is 1.85 bits per heavy atom. The lowest BCUT2D eigenvalue weighted by atomic mass is 10.2. The quantitative estimate of drug-likeness (QED) is 0.742. The third kappa shape index (κ3) is 5.27. The first-order chi connectivity index (χ1) is 6.36. The zero-order chi connectivity index (χ0) is 10.1. The molecule has 0 saturated heterocycles. The molecule has 0 unspecified atom stereocenters. The van der Waals surface area contributed by atoms with Crippen LogP contribution in [0.15, 0.2) is 24.3 Å². The predicted molar refractivity (Wildman–Crippen MR) is 67.7 cm³/mol. The molecular weight excluding hydrogens is 196 g/mol. The number of thioether (sulfide) groups is 1. The van der Waals surface area contributed by atoms with Gasteiger partial charge in [0.1, 0.15) is 0 Å². The van der Waals surface area contributed by atoms with E-state index in [-0.39, 0.29) is 0 Å². The third-order valence-electron chi connectivity index (χ3n) is 1.48. The van der Waals surface area contributed by atoms with Gasteiger partial charge in [-0.05, 0) is 17.4 Å². The van der Waals surface area contributed by atoms with Crippen molar-refractivity contribution in [2.45, 2.75) is 25.4 Å². The summed E-state index contributed by atoms with van der Waals surface area (Å²) in [5.74, 6) is 1.93. The van der Waals surface area contributed by atoms with E-state index in [1.807, 2.05) is 25.6 Å². The molecule has 2 heteroatoms. The molecule has 0 aromatic heterocycles. The molecule has 0 nitrogen and oxygen atoms in total. The van der Waals surface area contributed by atoms with Gasteiger partial charge in [0, 0.05) is 11.5 Å². The summed E-state index contributed by atoms with van der Waals surface area (Å²) in [5.41, 5.74) is 2.70. The van der Waals surface area contributed by atoms with E-state index >= 15 is 0 Å². The highest BCUT2D eigenvalue weighted by Crippen LogP contribution is 2.12. The van der Waals surface area contributed by atoms with E-state index in [9.17, 15) is 0 Å². The lowest BCUT2D eigenvalue weighted by molar-refractivity contribution is 1.34. The van der Waals surface area contributed by atoms with Crippen LogP contribution in [0.3, 0.4) is 0 Å². The molecule has 0 aliphatic rings. The largest absolute Gasteiger partial charge is 0.175 e. The summed E-state index contributed by atoms with van der Waals surface area (Å²) in [7, 11) is 0. The standard InChI is InChI=1S/C9H12S2.C2H6/c1-11-7-9-4-2-3-8(5-9)6-10;1-2/h2-5,10H,6-7H2,1H3;1-2H3. The summed E-state index contributed by atoms with van der Waals surface area (Å²) in [6.07, 6.45) is 2.12. The van der Waals surface area contributed by atoms with Crippen molar-refractivity contribution in [3.8, 4) is 0 Å². The van der Waals surface area contributed by atoms with Crippen molar-refractivity contribution in [1.82, 2.24) is 0 Å². The van der Waals surface area contributed by atoms with E-state index in [0.717, 1.165) is 11.5 Å². The molecule has 0 aliphatic carbocycles. The Balaban J connectivity index is 0.000000671. The van der Waals surface area contributed by atoms with E-state index in [4.69, 9.17) is 0 Å². The molecule has 0 fully saturated rings. The van der Waals surface area contributed by atoms with Crippen molar-refractivity contribution in [3.05, 3.63) is 35.4 Å². The van der Waals surface area contributed by atoms with Crippen molar-refractivity contribution in [1.29, 1.82) is 0 Å². The predicted octanol–water partition coefficient (Wildman–Crippen LogP) is 4.01. The van der Waals surface area contributed by atoms with Gasteiger partial charge in [0.2, 0.25) is 0 Å². The van der Waals surface area contributed by atoms with Crippen LogP contribution in [0.1, 0.15) is 25.0 Å². The van der Waals surface area contributed by atoms with Gasteiger partial charge in [0.25, 0.3) is 0 Å². The Labute approximate surface area is 91.5 Å². The second-order valence-corrected chi connectivity index (χ2v) is 3.59. The molecule has 0 N–H and O–H groups in total. The topological polar surface area (TPSA) is 0 Å². The third-order valence-corrected chi connectivity index (χ3v) is 2.47. The molecule has 0 bridgehead atoms. The molecule has 13 heavy (non-hydrogen) atoms. The fraction of sp³-hybridized carbons (Fsp3) is 0.455. The molecule has 0 heterocycles. The van der Waals surface area contributed by atoms with Crippen LogP contribution in [-0.2, 0) is 11.5 Å². The van der Waals surface area contributed by atoms with Gasteiger partial charge in [-0.15, -0.1) is 0 Å². The average Bonchev–Trinajstić information content (AvgIpc) is 2.22. The van der Waals surface area contributed by atoms with Crippen LogP contribution in [0.2, 0.25) is 0 Å². The van der Waals surface area contributed by atoms with Crippen LogP contribution in [0.5, 0.6) is 0 Å². The summed E-state index contributed by atoms with van der Waals surface area (Å²) < 4.78 is 0. The monoisotopic (exact) mass is 214 g/mol. The van der Waals surface area contributed by atoms with Crippen molar-refractivity contribution in [2.24, 2.45) is 0 Å². The van der Waals surface area contributed by atoms with Crippen LogP contribution < -0.4 is 0 Å². The minimum atomic E-state index is 0.836. The summed E-state index contributed by atoms with van der Waals surface area (Å²) >= 11 is 6.07. The highest BCUT2D eigenvalue weighted by atomic mass is 32.2. The second kappa shape index (κ2) is 8.52. The SMILES string of the molecule is CC.CSCc1cccc(CS)c1. The Kier molecular flexibility index (Phi) is 8.46. The van der Waals surface area contributed by atoms with Gasteiger partial charge in [0.05, 0.1) is 0 Å². The van der Waals surface area contributed by atoms with Crippen LogP contribution >= 0.6 is 24.4 Å². The molecule has 1 aromatic rings. The van der Waals surface area contributed by atoms with Crippen molar-refractivity contribution >= 4 is 24.4 Å². The molecule has 0 saturated carbocycles. The van der Waals surface area contributed by atoms with E-state index in [1.165, 1.54) is 11.1 Å². The molecular formula is C11H18S2. The molecule has 0 amide bonds. The van der Waals surface area contributed by atoms with E-state index < -0.39 is 0 Å². The van der Waals surface area contributed by atoms with E-state index in [0.29, 0.717) is 0 Å². The molecule has 1 aromatic carbocycles. The average molecular weight is 214 g/mol. The Bertz CT molecular complexity index is 221. The normalized spacial score (nSPS) is 8.92. The fourth-order valence-electron chi connectivity index (χ4n) is 0.984. The van der Waals surface area contributed by atoms with Crippen LogP contribution in [0, 0.1) is 0 Å². The smallest absolute Gasteiger partial charge is 0.0181 e.